The lowest BCUT2D eigenvalue weighted by molar-refractivity contribution is -0.137. The normalized spacial score (nSPS) is 12.4. The van der Waals surface area contributed by atoms with Gasteiger partial charge in [0.25, 0.3) is 5.56 Å². The van der Waals surface area contributed by atoms with Crippen molar-refractivity contribution >= 4 is 0 Å². The molecule has 7 heteroatoms. The molecule has 148 valence electrons. The molecule has 3 aromatic rings. The molecule has 0 atom stereocenters. The minimum absolute atomic E-state index is 0.158. The molecule has 2 aromatic carbocycles. The zero-order valence-electron chi connectivity index (χ0n) is 15.7. The molecule has 0 unspecified atom stereocenters. The monoisotopic (exact) mass is 392 g/mol. The third kappa shape index (κ3) is 3.48. The molecule has 0 N–H and O–H groups in total. The first-order valence-corrected chi connectivity index (χ1v) is 8.71. The van der Waals surface area contributed by atoms with E-state index in [1.54, 1.807) is 13.8 Å². The zero-order chi connectivity index (χ0) is 20.7. The van der Waals surface area contributed by atoms with E-state index >= 15 is 4.39 Å². The SMILES string of the molecule is Cn1c(F)c(C(C)(C)c2cccc(C(F)(F)F)c2)c(=O)n1Cc1ccccc1. The van der Waals surface area contributed by atoms with Crippen molar-refractivity contribution in [3.05, 3.63) is 93.2 Å². The predicted molar refractivity (Wildman–Crippen MR) is 98.7 cm³/mol. The Kier molecular flexibility index (Phi) is 4.95. The molecule has 0 saturated heterocycles. The first kappa shape index (κ1) is 19.9. The van der Waals surface area contributed by atoms with E-state index in [2.05, 4.69) is 0 Å². The standard InChI is InChI=1S/C21H20F4N2O/c1-20(2,15-10-7-11-16(12-15)21(23,24)25)17-18(22)26(3)27(19(17)28)13-14-8-5-4-6-9-14/h4-12H,13H2,1-3H3. The van der Waals surface area contributed by atoms with Crippen LogP contribution in [0.4, 0.5) is 17.6 Å². The second-order valence-electron chi connectivity index (χ2n) is 7.24. The van der Waals surface area contributed by atoms with Crippen molar-refractivity contribution in [2.24, 2.45) is 7.05 Å². The fourth-order valence-corrected chi connectivity index (χ4v) is 3.31. The number of nitrogens with zero attached hydrogens (tertiary/aromatic N) is 2. The molecule has 3 rings (SSSR count). The van der Waals surface area contributed by atoms with E-state index in [1.807, 2.05) is 30.3 Å². The Morgan fingerprint density at radius 3 is 2.14 bits per heavy atom. The number of aromatic nitrogens is 2. The van der Waals surface area contributed by atoms with Crippen molar-refractivity contribution in [3.8, 4) is 0 Å². The molecule has 0 aliphatic rings. The first-order chi connectivity index (χ1) is 13.0. The quantitative estimate of drug-likeness (QED) is 0.591. The van der Waals surface area contributed by atoms with Crippen molar-refractivity contribution in [2.75, 3.05) is 0 Å². The maximum absolute atomic E-state index is 15.0. The minimum atomic E-state index is -4.52. The average Bonchev–Trinajstić information content (AvgIpc) is 2.86. The van der Waals surface area contributed by atoms with E-state index in [0.717, 1.165) is 22.4 Å². The second kappa shape index (κ2) is 6.96. The Labute approximate surface area is 159 Å². The van der Waals surface area contributed by atoms with Gasteiger partial charge in [0.1, 0.15) is 0 Å². The third-order valence-electron chi connectivity index (χ3n) is 5.01. The molecule has 0 bridgehead atoms. The Morgan fingerprint density at radius 1 is 0.929 bits per heavy atom. The van der Waals surface area contributed by atoms with Crippen LogP contribution >= 0.6 is 0 Å². The molecule has 0 aliphatic carbocycles. The zero-order valence-corrected chi connectivity index (χ0v) is 15.7. The van der Waals surface area contributed by atoms with Crippen LogP contribution in [0, 0.1) is 5.95 Å². The van der Waals surface area contributed by atoms with Crippen LogP contribution in [0.1, 0.15) is 36.1 Å². The Morgan fingerprint density at radius 2 is 1.54 bits per heavy atom. The Bertz CT molecular complexity index is 1050. The van der Waals surface area contributed by atoms with Gasteiger partial charge < -0.3 is 0 Å². The molecular weight excluding hydrogens is 372 g/mol. The van der Waals surface area contributed by atoms with E-state index in [4.69, 9.17) is 0 Å². The van der Waals surface area contributed by atoms with Crippen LogP contribution in [-0.4, -0.2) is 9.36 Å². The summed E-state index contributed by atoms with van der Waals surface area (Å²) < 4.78 is 56.6. The number of hydrogen-bond acceptors (Lipinski definition) is 1. The predicted octanol–water partition coefficient (Wildman–Crippen LogP) is 4.72. The van der Waals surface area contributed by atoms with E-state index in [-0.39, 0.29) is 17.7 Å². The van der Waals surface area contributed by atoms with Crippen LogP contribution < -0.4 is 5.56 Å². The molecule has 0 aliphatic heterocycles. The molecule has 1 heterocycles. The maximum Gasteiger partial charge on any atom is 0.416 e. The van der Waals surface area contributed by atoms with Crippen molar-refractivity contribution in [2.45, 2.75) is 32.0 Å². The van der Waals surface area contributed by atoms with Crippen LogP contribution in [-0.2, 0) is 25.2 Å². The van der Waals surface area contributed by atoms with Gasteiger partial charge in [0, 0.05) is 12.5 Å². The summed E-state index contributed by atoms with van der Waals surface area (Å²) in [6.45, 7) is 3.26. The summed E-state index contributed by atoms with van der Waals surface area (Å²) in [5.41, 5.74) is -1.78. The summed E-state index contributed by atoms with van der Waals surface area (Å²) in [5.74, 6) is -0.761. The van der Waals surface area contributed by atoms with Crippen LogP contribution in [0.3, 0.4) is 0 Å². The van der Waals surface area contributed by atoms with E-state index in [1.165, 1.54) is 23.9 Å². The maximum atomic E-state index is 15.0. The van der Waals surface area contributed by atoms with Crippen molar-refractivity contribution in [1.82, 2.24) is 9.36 Å². The van der Waals surface area contributed by atoms with Crippen molar-refractivity contribution in [3.63, 3.8) is 0 Å². The van der Waals surface area contributed by atoms with Crippen LogP contribution in [0.15, 0.2) is 59.4 Å². The van der Waals surface area contributed by atoms with Crippen molar-refractivity contribution in [1.29, 1.82) is 0 Å². The molecule has 1 aromatic heterocycles. The van der Waals surface area contributed by atoms with E-state index < -0.39 is 28.7 Å². The number of halogens is 4. The average molecular weight is 392 g/mol. The summed E-state index contributed by atoms with van der Waals surface area (Å²) in [5, 5.41) is 0. The van der Waals surface area contributed by atoms with Crippen LogP contribution in [0.5, 0.6) is 0 Å². The molecular formula is C21H20F4N2O. The van der Waals surface area contributed by atoms with Gasteiger partial charge in [-0.3, -0.25) is 9.48 Å². The fourth-order valence-electron chi connectivity index (χ4n) is 3.31. The smallest absolute Gasteiger partial charge is 0.267 e. The highest BCUT2D eigenvalue weighted by Crippen LogP contribution is 2.36. The molecule has 3 nitrogen and oxygen atoms in total. The molecule has 0 fully saturated rings. The lowest BCUT2D eigenvalue weighted by Gasteiger charge is -2.24. The topological polar surface area (TPSA) is 26.9 Å². The summed E-state index contributed by atoms with van der Waals surface area (Å²) >= 11 is 0. The molecule has 28 heavy (non-hydrogen) atoms. The van der Waals surface area contributed by atoms with Gasteiger partial charge in [-0.1, -0.05) is 62.4 Å². The number of benzene rings is 2. The van der Waals surface area contributed by atoms with Gasteiger partial charge in [0.15, 0.2) is 0 Å². The Hall–Kier alpha value is -2.83. The Balaban J connectivity index is 2.11. The lowest BCUT2D eigenvalue weighted by Crippen LogP contribution is -2.30. The number of alkyl halides is 3. The van der Waals surface area contributed by atoms with E-state index in [0.29, 0.717) is 0 Å². The van der Waals surface area contributed by atoms with Gasteiger partial charge in [-0.25, -0.2) is 4.68 Å². The largest absolute Gasteiger partial charge is 0.416 e. The van der Waals surface area contributed by atoms with Gasteiger partial charge in [-0.05, 0) is 17.2 Å². The van der Waals surface area contributed by atoms with Gasteiger partial charge in [-0.2, -0.15) is 17.6 Å². The van der Waals surface area contributed by atoms with Gasteiger partial charge in [-0.15, -0.1) is 0 Å². The van der Waals surface area contributed by atoms with Crippen LogP contribution in [0.2, 0.25) is 0 Å². The highest BCUT2D eigenvalue weighted by molar-refractivity contribution is 5.39. The summed E-state index contributed by atoms with van der Waals surface area (Å²) in [7, 11) is 1.42. The molecule has 0 radical (unpaired) electrons. The highest BCUT2D eigenvalue weighted by atomic mass is 19.4. The van der Waals surface area contributed by atoms with Gasteiger partial charge in [0.2, 0.25) is 5.95 Å². The van der Waals surface area contributed by atoms with E-state index in [9.17, 15) is 18.0 Å². The minimum Gasteiger partial charge on any atom is -0.267 e. The fraction of sp³-hybridized carbons (Fsp3) is 0.286. The molecule has 0 spiro atoms. The third-order valence-corrected chi connectivity index (χ3v) is 5.01. The second-order valence-corrected chi connectivity index (χ2v) is 7.24. The highest BCUT2D eigenvalue weighted by Gasteiger charge is 2.36. The number of hydrogen-bond donors (Lipinski definition) is 0. The summed E-state index contributed by atoms with van der Waals surface area (Å²) in [6, 6.07) is 13.7. The van der Waals surface area contributed by atoms with Gasteiger partial charge in [0.05, 0.1) is 17.7 Å². The first-order valence-electron chi connectivity index (χ1n) is 8.71. The lowest BCUT2D eigenvalue weighted by atomic mass is 9.78. The number of rotatable bonds is 4. The summed E-state index contributed by atoms with van der Waals surface area (Å²) in [4.78, 5) is 13.0. The van der Waals surface area contributed by atoms with Crippen LogP contribution in [0.25, 0.3) is 0 Å². The molecule has 0 saturated carbocycles. The van der Waals surface area contributed by atoms with Crippen molar-refractivity contribution < 1.29 is 17.6 Å². The summed E-state index contributed by atoms with van der Waals surface area (Å²) in [6.07, 6.45) is -4.52. The van der Waals surface area contributed by atoms with Gasteiger partial charge >= 0.3 is 6.18 Å². The molecule has 0 amide bonds.